The summed E-state index contributed by atoms with van der Waals surface area (Å²) in [6.07, 6.45) is 4.22. The van der Waals surface area contributed by atoms with Crippen molar-refractivity contribution in [3.8, 4) is 5.88 Å². The van der Waals surface area contributed by atoms with Crippen molar-refractivity contribution in [1.82, 2.24) is 9.97 Å². The second kappa shape index (κ2) is 7.70. The van der Waals surface area contributed by atoms with Crippen molar-refractivity contribution >= 4 is 17.4 Å². The summed E-state index contributed by atoms with van der Waals surface area (Å²) < 4.78 is 5.47. The first kappa shape index (κ1) is 14.6. The van der Waals surface area contributed by atoms with Gasteiger partial charge in [-0.25, -0.2) is 0 Å². The van der Waals surface area contributed by atoms with E-state index >= 15 is 0 Å². The summed E-state index contributed by atoms with van der Waals surface area (Å²) >= 11 is 6.03. The molecular formula is C15H18ClN3O. The largest absolute Gasteiger partial charge is 0.477 e. The highest BCUT2D eigenvalue weighted by Crippen LogP contribution is 2.20. The topological polar surface area (TPSA) is 47.0 Å². The van der Waals surface area contributed by atoms with Crippen LogP contribution in [0.15, 0.2) is 42.7 Å². The molecular weight excluding hydrogens is 274 g/mol. The van der Waals surface area contributed by atoms with Crippen LogP contribution in [-0.4, -0.2) is 22.5 Å². The molecule has 0 fully saturated rings. The fourth-order valence-corrected chi connectivity index (χ4v) is 2.02. The van der Waals surface area contributed by atoms with E-state index in [2.05, 4.69) is 22.2 Å². The Bertz CT molecular complexity index is 522. The Morgan fingerprint density at radius 3 is 2.75 bits per heavy atom. The maximum absolute atomic E-state index is 6.03. The lowest BCUT2D eigenvalue weighted by Gasteiger charge is -2.17. The molecule has 0 saturated carbocycles. The maximum Gasteiger partial charge on any atom is 0.234 e. The Kier molecular flexibility index (Phi) is 5.62. The number of rotatable bonds is 7. The van der Waals surface area contributed by atoms with Crippen molar-refractivity contribution in [2.75, 3.05) is 17.8 Å². The lowest BCUT2D eigenvalue weighted by molar-refractivity contribution is 0.304. The van der Waals surface area contributed by atoms with Gasteiger partial charge in [0.05, 0.1) is 25.0 Å². The third-order valence-electron chi connectivity index (χ3n) is 2.74. The summed E-state index contributed by atoms with van der Waals surface area (Å²) in [7, 11) is 0. The monoisotopic (exact) mass is 291 g/mol. The molecule has 1 unspecified atom stereocenters. The molecule has 0 spiro atoms. The molecule has 1 N–H and O–H groups in total. The molecule has 1 aromatic heterocycles. The van der Waals surface area contributed by atoms with Crippen LogP contribution in [0.2, 0.25) is 0 Å². The van der Waals surface area contributed by atoms with Crippen molar-refractivity contribution in [2.24, 2.45) is 0 Å². The number of nitrogens with zero attached hydrogens (tertiary/aromatic N) is 2. The van der Waals surface area contributed by atoms with Crippen molar-refractivity contribution in [3.05, 3.63) is 48.3 Å². The summed E-state index contributed by atoms with van der Waals surface area (Å²) in [5.41, 5.74) is 1.11. The molecule has 4 nitrogen and oxygen atoms in total. The third-order valence-corrected chi connectivity index (χ3v) is 3.05. The normalized spacial score (nSPS) is 11.9. The highest BCUT2D eigenvalue weighted by Gasteiger charge is 2.11. The summed E-state index contributed by atoms with van der Waals surface area (Å²) in [5.74, 6) is 1.64. The number of nitrogens with one attached hydrogen (secondary N) is 1. The number of hydrogen-bond acceptors (Lipinski definition) is 4. The molecule has 20 heavy (non-hydrogen) atoms. The van der Waals surface area contributed by atoms with Gasteiger partial charge in [-0.3, -0.25) is 4.98 Å². The molecule has 0 bridgehead atoms. The second-order valence-corrected chi connectivity index (χ2v) is 4.66. The lowest BCUT2D eigenvalue weighted by Crippen LogP contribution is -2.13. The van der Waals surface area contributed by atoms with Gasteiger partial charge >= 0.3 is 0 Å². The number of hydrogen-bond donors (Lipinski definition) is 1. The second-order valence-electron chi connectivity index (χ2n) is 4.35. The van der Waals surface area contributed by atoms with Gasteiger partial charge in [-0.15, -0.1) is 11.6 Å². The number of aromatic nitrogens is 2. The first-order valence-electron chi connectivity index (χ1n) is 6.65. The van der Waals surface area contributed by atoms with Gasteiger partial charge in [-0.1, -0.05) is 37.3 Å². The van der Waals surface area contributed by atoms with Crippen molar-refractivity contribution in [3.63, 3.8) is 0 Å². The number of ether oxygens (including phenoxy) is 1. The Morgan fingerprint density at radius 1 is 1.25 bits per heavy atom. The zero-order chi connectivity index (χ0) is 14.2. The van der Waals surface area contributed by atoms with Crippen LogP contribution >= 0.6 is 11.6 Å². The standard InChI is InChI=1S/C15H18ClN3O/c1-2-8-20-15-11-17-10-14(19-15)18-13(9-16)12-6-4-3-5-7-12/h3-7,10-11,13H,2,8-9H2,1H3,(H,18,19). The van der Waals surface area contributed by atoms with Crippen molar-refractivity contribution in [2.45, 2.75) is 19.4 Å². The molecule has 5 heteroatoms. The number of alkyl halides is 1. The summed E-state index contributed by atoms with van der Waals surface area (Å²) in [6.45, 7) is 2.68. The van der Waals surface area contributed by atoms with Crippen LogP contribution < -0.4 is 10.1 Å². The van der Waals surface area contributed by atoms with Gasteiger partial charge in [0.25, 0.3) is 0 Å². The van der Waals surface area contributed by atoms with E-state index in [0.717, 1.165) is 12.0 Å². The van der Waals surface area contributed by atoms with E-state index in [1.54, 1.807) is 12.4 Å². The minimum atomic E-state index is -0.00593. The predicted molar refractivity (Wildman–Crippen MR) is 81.3 cm³/mol. The van der Waals surface area contributed by atoms with Gasteiger partial charge in [0.1, 0.15) is 5.82 Å². The molecule has 1 aromatic carbocycles. The molecule has 0 amide bonds. The van der Waals surface area contributed by atoms with Crippen LogP contribution in [0.25, 0.3) is 0 Å². The van der Waals surface area contributed by atoms with Gasteiger partial charge in [-0.05, 0) is 12.0 Å². The average Bonchev–Trinajstić information content (AvgIpc) is 2.52. The Balaban J connectivity index is 2.07. The van der Waals surface area contributed by atoms with Gasteiger partial charge in [0.15, 0.2) is 0 Å². The summed E-state index contributed by atoms with van der Waals surface area (Å²) in [4.78, 5) is 8.49. The molecule has 1 heterocycles. The van der Waals surface area contributed by atoms with Crippen LogP contribution in [0.5, 0.6) is 5.88 Å². The van der Waals surface area contributed by atoms with E-state index < -0.39 is 0 Å². The van der Waals surface area contributed by atoms with Crippen LogP contribution in [0, 0.1) is 0 Å². The Morgan fingerprint density at radius 2 is 2.05 bits per heavy atom. The van der Waals surface area contributed by atoms with Crippen LogP contribution in [0.4, 0.5) is 5.82 Å². The van der Waals surface area contributed by atoms with Gasteiger partial charge < -0.3 is 10.1 Å². The fraction of sp³-hybridized carbons (Fsp3) is 0.333. The van der Waals surface area contributed by atoms with E-state index in [0.29, 0.717) is 24.2 Å². The van der Waals surface area contributed by atoms with E-state index in [4.69, 9.17) is 16.3 Å². The fourth-order valence-electron chi connectivity index (χ4n) is 1.77. The molecule has 0 aliphatic rings. The molecule has 106 valence electrons. The van der Waals surface area contributed by atoms with Gasteiger partial charge in [-0.2, -0.15) is 4.98 Å². The van der Waals surface area contributed by atoms with E-state index in [1.165, 1.54) is 0 Å². The maximum atomic E-state index is 6.03. The van der Waals surface area contributed by atoms with E-state index in [-0.39, 0.29) is 6.04 Å². The smallest absolute Gasteiger partial charge is 0.234 e. The average molecular weight is 292 g/mol. The minimum Gasteiger partial charge on any atom is -0.477 e. The third kappa shape index (κ3) is 4.10. The zero-order valence-corrected chi connectivity index (χ0v) is 12.2. The summed E-state index contributed by atoms with van der Waals surface area (Å²) in [6, 6.07) is 10.0. The van der Waals surface area contributed by atoms with Crippen LogP contribution in [0.1, 0.15) is 24.9 Å². The number of benzene rings is 1. The highest BCUT2D eigenvalue weighted by atomic mass is 35.5. The number of halogens is 1. The number of anilines is 1. The Labute approximate surface area is 124 Å². The van der Waals surface area contributed by atoms with Gasteiger partial charge in [0.2, 0.25) is 5.88 Å². The molecule has 2 rings (SSSR count). The van der Waals surface area contributed by atoms with E-state index in [9.17, 15) is 0 Å². The first-order valence-corrected chi connectivity index (χ1v) is 7.19. The van der Waals surface area contributed by atoms with Gasteiger partial charge in [0, 0.05) is 5.88 Å². The molecule has 0 radical (unpaired) electrons. The lowest BCUT2D eigenvalue weighted by atomic mass is 10.1. The molecule has 0 aliphatic heterocycles. The first-order chi connectivity index (χ1) is 9.83. The van der Waals surface area contributed by atoms with Crippen LogP contribution in [0.3, 0.4) is 0 Å². The molecule has 0 aliphatic carbocycles. The zero-order valence-electron chi connectivity index (χ0n) is 11.4. The molecule has 1 atom stereocenters. The SMILES string of the molecule is CCCOc1cncc(NC(CCl)c2ccccc2)n1. The van der Waals surface area contributed by atoms with Crippen LogP contribution in [-0.2, 0) is 0 Å². The Hall–Kier alpha value is -1.81. The molecule has 0 saturated heterocycles. The predicted octanol–water partition coefficient (Wildman–Crippen LogP) is 3.66. The van der Waals surface area contributed by atoms with E-state index in [1.807, 2.05) is 30.3 Å². The quantitative estimate of drug-likeness (QED) is 0.791. The molecule has 2 aromatic rings. The highest BCUT2D eigenvalue weighted by molar-refractivity contribution is 6.18. The van der Waals surface area contributed by atoms with Crippen molar-refractivity contribution < 1.29 is 4.74 Å². The minimum absolute atomic E-state index is 0.00593. The summed E-state index contributed by atoms with van der Waals surface area (Å²) in [5, 5.41) is 3.28. The van der Waals surface area contributed by atoms with Crippen molar-refractivity contribution in [1.29, 1.82) is 0 Å².